The van der Waals surface area contributed by atoms with Crippen molar-refractivity contribution in [3.63, 3.8) is 0 Å². The van der Waals surface area contributed by atoms with Crippen LogP contribution in [-0.2, 0) is 12.0 Å². The van der Waals surface area contributed by atoms with Crippen LogP contribution in [0, 0.1) is 0 Å². The van der Waals surface area contributed by atoms with Crippen LogP contribution in [0.5, 0.6) is 0 Å². The number of likely N-dealkylation sites (N-methyl/N-ethyl adjacent to an activating group) is 1. The molecular weight excluding hydrogens is 262 g/mol. The zero-order valence-corrected chi connectivity index (χ0v) is 13.9. The number of aromatic nitrogens is 1. The van der Waals surface area contributed by atoms with E-state index in [0.717, 1.165) is 30.2 Å². The summed E-state index contributed by atoms with van der Waals surface area (Å²) in [6.45, 7) is 11.1. The second kappa shape index (κ2) is 6.75. The monoisotopic (exact) mass is 291 g/mol. The van der Waals surface area contributed by atoms with Gasteiger partial charge in [-0.2, -0.15) is 0 Å². The van der Waals surface area contributed by atoms with Gasteiger partial charge in [-0.1, -0.05) is 20.8 Å². The van der Waals surface area contributed by atoms with Gasteiger partial charge in [-0.3, -0.25) is 0 Å². The van der Waals surface area contributed by atoms with E-state index in [0.29, 0.717) is 0 Å². The minimum atomic E-state index is -0.00424. The Labute approximate surface area is 128 Å². The fourth-order valence-electron chi connectivity index (χ4n) is 2.65. The summed E-state index contributed by atoms with van der Waals surface area (Å²) in [7, 11) is 2.09. The van der Waals surface area contributed by atoms with Gasteiger partial charge in [-0.15, -0.1) is 0 Å². The van der Waals surface area contributed by atoms with Crippen LogP contribution in [-0.4, -0.2) is 48.2 Å². The minimum absolute atomic E-state index is 0.00424. The molecule has 118 valence electrons. The lowest BCUT2D eigenvalue weighted by atomic mass is 9.91. The number of anilines is 1. The highest BCUT2D eigenvalue weighted by molar-refractivity contribution is 5.43. The number of nitrogens with zero attached hydrogens (tertiary/aromatic N) is 3. The van der Waals surface area contributed by atoms with E-state index in [2.05, 4.69) is 37.6 Å². The summed E-state index contributed by atoms with van der Waals surface area (Å²) < 4.78 is 0. The summed E-state index contributed by atoms with van der Waals surface area (Å²) in [5.41, 5.74) is 1.98. The topological polar surface area (TPSA) is 39.6 Å². The first-order valence-corrected chi connectivity index (χ1v) is 7.96. The maximum Gasteiger partial charge on any atom is 0.128 e. The summed E-state index contributed by atoms with van der Waals surface area (Å²) in [5.74, 6) is 0.964. The molecule has 0 bridgehead atoms. The van der Waals surface area contributed by atoms with Gasteiger partial charge >= 0.3 is 0 Å². The van der Waals surface area contributed by atoms with Crippen LogP contribution in [0.3, 0.4) is 0 Å². The number of rotatable bonds is 5. The van der Waals surface area contributed by atoms with E-state index in [1.54, 1.807) is 0 Å². The first kappa shape index (κ1) is 16.2. The summed E-state index contributed by atoms with van der Waals surface area (Å²) in [5, 5.41) is 9.48. The molecule has 21 heavy (non-hydrogen) atoms. The van der Waals surface area contributed by atoms with E-state index in [1.807, 2.05) is 12.1 Å². The van der Waals surface area contributed by atoms with Crippen LogP contribution in [0.4, 0.5) is 5.82 Å². The normalized spacial score (nSPS) is 16.4. The van der Waals surface area contributed by atoms with Crippen LogP contribution < -0.4 is 4.90 Å². The molecule has 1 aliphatic heterocycles. The number of pyridine rings is 1. The molecule has 1 aromatic heterocycles. The van der Waals surface area contributed by atoms with Crippen molar-refractivity contribution in [3.05, 3.63) is 23.4 Å². The Morgan fingerprint density at radius 3 is 2.48 bits per heavy atom. The van der Waals surface area contributed by atoms with E-state index < -0.39 is 0 Å². The Morgan fingerprint density at radius 2 is 1.90 bits per heavy atom. The van der Waals surface area contributed by atoms with Gasteiger partial charge in [0.05, 0.1) is 6.61 Å². The van der Waals surface area contributed by atoms with E-state index >= 15 is 0 Å². The average molecular weight is 291 g/mol. The van der Waals surface area contributed by atoms with Crippen molar-refractivity contribution < 1.29 is 5.11 Å². The van der Waals surface area contributed by atoms with E-state index in [4.69, 9.17) is 4.98 Å². The van der Waals surface area contributed by atoms with Gasteiger partial charge < -0.3 is 14.9 Å². The third kappa shape index (κ3) is 4.42. The molecule has 0 aromatic carbocycles. The molecule has 4 nitrogen and oxygen atoms in total. The molecule has 2 rings (SSSR count). The number of aliphatic hydroxyl groups is 1. The minimum Gasteiger partial charge on any atom is -0.392 e. The second-order valence-corrected chi connectivity index (χ2v) is 7.10. The van der Waals surface area contributed by atoms with Crippen molar-refractivity contribution in [3.8, 4) is 0 Å². The molecule has 0 saturated carbocycles. The third-order valence-corrected chi connectivity index (χ3v) is 4.16. The standard InChI is InChI=1S/C17H29N3O/c1-17(2,3)15-11-14(13-21)12-16(18-15)19(4)9-10-20-7-5-6-8-20/h11-12,21H,5-10,13H2,1-4H3. The van der Waals surface area contributed by atoms with Crippen molar-refractivity contribution in [1.82, 2.24) is 9.88 Å². The van der Waals surface area contributed by atoms with Gasteiger partial charge in [-0.25, -0.2) is 4.98 Å². The molecular formula is C17H29N3O. The molecule has 4 heteroatoms. The van der Waals surface area contributed by atoms with Gasteiger partial charge in [0.2, 0.25) is 0 Å². The van der Waals surface area contributed by atoms with Crippen LogP contribution >= 0.6 is 0 Å². The summed E-state index contributed by atoms with van der Waals surface area (Å²) in [6.07, 6.45) is 2.66. The maximum atomic E-state index is 9.48. The smallest absolute Gasteiger partial charge is 0.128 e. The van der Waals surface area contributed by atoms with Gasteiger partial charge in [0.1, 0.15) is 5.82 Å². The van der Waals surface area contributed by atoms with E-state index in [1.165, 1.54) is 25.9 Å². The summed E-state index contributed by atoms with van der Waals surface area (Å²) in [4.78, 5) is 9.51. The zero-order chi connectivity index (χ0) is 15.5. The lowest BCUT2D eigenvalue weighted by Gasteiger charge is -2.25. The van der Waals surface area contributed by atoms with Gasteiger partial charge in [-0.05, 0) is 43.6 Å². The van der Waals surface area contributed by atoms with Crippen molar-refractivity contribution in [2.75, 3.05) is 38.1 Å². The van der Waals surface area contributed by atoms with Crippen LogP contribution in [0.15, 0.2) is 12.1 Å². The highest BCUT2D eigenvalue weighted by Gasteiger charge is 2.18. The van der Waals surface area contributed by atoms with Crippen LogP contribution in [0.25, 0.3) is 0 Å². The van der Waals surface area contributed by atoms with Crippen LogP contribution in [0.2, 0.25) is 0 Å². The molecule has 0 radical (unpaired) electrons. The molecule has 0 amide bonds. The third-order valence-electron chi connectivity index (χ3n) is 4.16. The molecule has 0 atom stereocenters. The Balaban J connectivity index is 2.09. The molecule has 0 unspecified atom stereocenters. The number of hydrogen-bond donors (Lipinski definition) is 1. The zero-order valence-electron chi connectivity index (χ0n) is 13.9. The summed E-state index contributed by atoms with van der Waals surface area (Å²) in [6, 6.07) is 4.01. The summed E-state index contributed by atoms with van der Waals surface area (Å²) >= 11 is 0. The first-order chi connectivity index (χ1) is 9.90. The molecule has 1 aromatic rings. The van der Waals surface area contributed by atoms with Gasteiger partial charge in [0.25, 0.3) is 0 Å². The molecule has 0 spiro atoms. The maximum absolute atomic E-state index is 9.48. The van der Waals surface area contributed by atoms with Crippen molar-refractivity contribution >= 4 is 5.82 Å². The molecule has 0 aliphatic carbocycles. The molecule has 1 N–H and O–H groups in total. The average Bonchev–Trinajstić information content (AvgIpc) is 2.96. The predicted molar refractivity (Wildman–Crippen MR) is 87.8 cm³/mol. The largest absolute Gasteiger partial charge is 0.392 e. The Kier molecular flexibility index (Phi) is 5.22. The second-order valence-electron chi connectivity index (χ2n) is 7.10. The van der Waals surface area contributed by atoms with Crippen molar-refractivity contribution in [2.45, 2.75) is 45.6 Å². The molecule has 1 saturated heterocycles. The number of aliphatic hydroxyl groups excluding tert-OH is 1. The van der Waals surface area contributed by atoms with Crippen molar-refractivity contribution in [2.24, 2.45) is 0 Å². The highest BCUT2D eigenvalue weighted by Crippen LogP contribution is 2.24. The quantitative estimate of drug-likeness (QED) is 0.904. The lowest BCUT2D eigenvalue weighted by molar-refractivity contribution is 0.281. The lowest BCUT2D eigenvalue weighted by Crippen LogP contribution is -2.32. The first-order valence-electron chi connectivity index (χ1n) is 7.96. The molecule has 2 heterocycles. The fraction of sp³-hybridized carbons (Fsp3) is 0.706. The fourth-order valence-corrected chi connectivity index (χ4v) is 2.65. The van der Waals surface area contributed by atoms with Crippen molar-refractivity contribution in [1.29, 1.82) is 0 Å². The van der Waals surface area contributed by atoms with E-state index in [-0.39, 0.29) is 12.0 Å². The molecule has 1 aliphatic rings. The Bertz CT molecular complexity index is 462. The Hall–Kier alpha value is -1.13. The molecule has 1 fully saturated rings. The number of likely N-dealkylation sites (tertiary alicyclic amines) is 1. The van der Waals surface area contributed by atoms with Gasteiger partial charge in [0.15, 0.2) is 0 Å². The van der Waals surface area contributed by atoms with Gasteiger partial charge in [0, 0.05) is 31.2 Å². The Morgan fingerprint density at radius 1 is 1.24 bits per heavy atom. The SMILES string of the molecule is CN(CCN1CCCC1)c1cc(CO)cc(C(C)(C)C)n1. The predicted octanol–water partition coefficient (Wildman–Crippen LogP) is 2.40. The number of hydrogen-bond acceptors (Lipinski definition) is 4. The van der Waals surface area contributed by atoms with E-state index in [9.17, 15) is 5.11 Å². The van der Waals surface area contributed by atoms with Crippen LogP contribution in [0.1, 0.15) is 44.9 Å². The highest BCUT2D eigenvalue weighted by atomic mass is 16.3.